The Hall–Kier alpha value is -6.03. The van der Waals surface area contributed by atoms with E-state index in [2.05, 4.69) is 51.3 Å². The summed E-state index contributed by atoms with van der Waals surface area (Å²) in [5.74, 6) is -2.62. The van der Waals surface area contributed by atoms with E-state index in [-0.39, 0.29) is 17.3 Å². The maximum Gasteiger partial charge on any atom is 0.354 e. The minimum atomic E-state index is -1.12. The Morgan fingerprint density at radius 1 is 0.604 bits per heavy atom. The highest BCUT2D eigenvalue weighted by atomic mass is 79.9. The van der Waals surface area contributed by atoms with Gasteiger partial charge in [-0.15, -0.1) is 20.4 Å². The van der Waals surface area contributed by atoms with Gasteiger partial charge in [0.2, 0.25) is 5.91 Å². The molecule has 0 spiro atoms. The van der Waals surface area contributed by atoms with Gasteiger partial charge >= 0.3 is 18.0 Å². The molecule has 0 aromatic carbocycles. The number of nitrogens with one attached hydrogen (secondary N) is 1. The molecule has 16 heteroatoms. The van der Waals surface area contributed by atoms with Gasteiger partial charge in [-0.05, 0) is 73.5 Å². The number of alkyl halides is 1. The lowest BCUT2D eigenvalue weighted by atomic mass is 10.0. The molecule has 0 aliphatic heterocycles. The number of rotatable bonds is 9. The normalized spacial score (nSPS) is 10.7. The number of hydrogen-bond acceptors (Lipinski definition) is 11. The molecule has 0 bridgehead atoms. The molecule has 0 atom stereocenters. The molecule has 244 valence electrons. The molecular formula is C32H28BrN9O6. The van der Waals surface area contributed by atoms with Crippen LogP contribution in [0.2, 0.25) is 0 Å². The van der Waals surface area contributed by atoms with Gasteiger partial charge in [0.15, 0.2) is 0 Å². The third-order valence-corrected chi connectivity index (χ3v) is 8.31. The SMILES string of the molecule is CCC(Br)(CC)C(=O)NC(N)=O.O=C(O)c1cccc(-c2ccc(-c3cccc(-c4ccc(-c5cccc(C(=O)O)n5)nn4)n3)nn2)n1. The third kappa shape index (κ3) is 8.61. The van der Waals surface area contributed by atoms with Gasteiger partial charge in [0.25, 0.3) is 0 Å². The zero-order valence-electron chi connectivity index (χ0n) is 25.5. The summed E-state index contributed by atoms with van der Waals surface area (Å²) in [6, 6.07) is 20.7. The zero-order chi connectivity index (χ0) is 34.8. The fourth-order valence-corrected chi connectivity index (χ4v) is 4.22. The van der Waals surface area contributed by atoms with Crippen LogP contribution in [0.15, 0.2) is 78.9 Å². The number of carboxylic acid groups (broad SMARTS) is 2. The smallest absolute Gasteiger partial charge is 0.354 e. The summed E-state index contributed by atoms with van der Waals surface area (Å²) in [5.41, 5.74) is 8.44. The number of primary amides is 1. The topological polar surface area (TPSA) is 237 Å². The number of carbonyl (C=O) groups excluding carboxylic acids is 2. The first-order valence-electron chi connectivity index (χ1n) is 14.3. The van der Waals surface area contributed by atoms with Crippen molar-refractivity contribution in [2.75, 3.05) is 0 Å². The molecule has 5 aromatic rings. The van der Waals surface area contributed by atoms with Crippen LogP contribution in [0.4, 0.5) is 4.79 Å². The Balaban J connectivity index is 0.000000371. The van der Waals surface area contributed by atoms with Crippen LogP contribution in [0, 0.1) is 0 Å². The Morgan fingerprint density at radius 2 is 0.938 bits per heavy atom. The Morgan fingerprint density at radius 3 is 1.23 bits per heavy atom. The number of carboxylic acids is 2. The largest absolute Gasteiger partial charge is 0.477 e. The molecule has 5 aromatic heterocycles. The number of hydrogen-bond donors (Lipinski definition) is 4. The summed E-state index contributed by atoms with van der Waals surface area (Å²) in [7, 11) is 0. The summed E-state index contributed by atoms with van der Waals surface area (Å²) >= 11 is 3.26. The van der Waals surface area contributed by atoms with E-state index in [1.165, 1.54) is 12.1 Å². The number of imide groups is 1. The molecule has 5 rings (SSSR count). The number of nitrogens with two attached hydrogens (primary N) is 1. The molecule has 48 heavy (non-hydrogen) atoms. The number of amides is 3. The summed E-state index contributed by atoms with van der Waals surface area (Å²) in [6.07, 6.45) is 1.23. The molecule has 5 N–H and O–H groups in total. The second kappa shape index (κ2) is 15.5. The predicted molar refractivity (Wildman–Crippen MR) is 177 cm³/mol. The van der Waals surface area contributed by atoms with Gasteiger partial charge in [-0.2, -0.15) is 0 Å². The van der Waals surface area contributed by atoms with Crippen LogP contribution in [-0.4, -0.2) is 73.8 Å². The van der Waals surface area contributed by atoms with Gasteiger partial charge in [0.05, 0.1) is 22.8 Å². The highest BCUT2D eigenvalue weighted by Crippen LogP contribution is 2.26. The molecule has 3 amide bonds. The maximum absolute atomic E-state index is 11.3. The van der Waals surface area contributed by atoms with E-state index < -0.39 is 22.3 Å². The van der Waals surface area contributed by atoms with Gasteiger partial charge in [0.1, 0.15) is 38.5 Å². The van der Waals surface area contributed by atoms with Crippen LogP contribution in [0.5, 0.6) is 0 Å². The molecule has 0 unspecified atom stereocenters. The quantitative estimate of drug-likeness (QED) is 0.152. The number of pyridine rings is 3. The third-order valence-electron chi connectivity index (χ3n) is 6.83. The first-order chi connectivity index (χ1) is 22.9. The van der Waals surface area contributed by atoms with E-state index >= 15 is 0 Å². The molecule has 0 aliphatic rings. The average Bonchev–Trinajstić information content (AvgIpc) is 3.11. The highest BCUT2D eigenvalue weighted by molar-refractivity contribution is 9.10. The molecule has 0 radical (unpaired) electrons. The molecule has 5 heterocycles. The Bertz CT molecular complexity index is 1840. The monoisotopic (exact) mass is 713 g/mol. The van der Waals surface area contributed by atoms with Crippen molar-refractivity contribution in [1.29, 1.82) is 0 Å². The van der Waals surface area contributed by atoms with Crippen molar-refractivity contribution in [1.82, 2.24) is 40.7 Å². The Labute approximate surface area is 281 Å². The lowest BCUT2D eigenvalue weighted by Crippen LogP contribution is -2.46. The number of aromatic carboxylic acids is 2. The first kappa shape index (κ1) is 34.8. The van der Waals surface area contributed by atoms with Crippen molar-refractivity contribution in [3.63, 3.8) is 0 Å². The van der Waals surface area contributed by atoms with E-state index in [1.54, 1.807) is 66.7 Å². The molecule has 0 saturated heterocycles. The van der Waals surface area contributed by atoms with Gasteiger partial charge in [0, 0.05) is 0 Å². The van der Waals surface area contributed by atoms with Gasteiger partial charge in [-0.3, -0.25) is 10.1 Å². The molecular weight excluding hydrogens is 686 g/mol. The first-order valence-corrected chi connectivity index (χ1v) is 15.1. The number of halogens is 1. The standard InChI is InChI=1S/C25H15N7O4.C7H13BrN2O2/c33-24(34)22-8-2-6-16(27-22)20-12-10-18(29-31-20)14-4-1-5-15(26-14)19-11-13-21(32-30-19)17-7-3-9-23(28-17)25(35)36;1-3-7(8,4-2)5(11)10-6(9)12/h1-13H,(H,33,34)(H,35,36);3-4H2,1-2H3,(H3,9,10,11,12). The van der Waals surface area contributed by atoms with Crippen molar-refractivity contribution in [3.8, 4) is 45.6 Å². The summed E-state index contributed by atoms with van der Waals surface area (Å²) in [5, 5.41) is 37.1. The number of carbonyl (C=O) groups is 4. The highest BCUT2D eigenvalue weighted by Gasteiger charge is 2.32. The second-order valence-corrected chi connectivity index (χ2v) is 11.5. The van der Waals surface area contributed by atoms with Gasteiger partial charge < -0.3 is 15.9 Å². The Kier molecular flexibility index (Phi) is 11.3. The van der Waals surface area contributed by atoms with Crippen LogP contribution in [-0.2, 0) is 4.79 Å². The van der Waals surface area contributed by atoms with Crippen LogP contribution in [0.1, 0.15) is 47.7 Å². The predicted octanol–water partition coefficient (Wildman–Crippen LogP) is 4.65. The second-order valence-electron chi connectivity index (χ2n) is 9.93. The number of urea groups is 1. The minimum absolute atomic E-state index is 0.0785. The van der Waals surface area contributed by atoms with Crippen LogP contribution in [0.25, 0.3) is 45.6 Å². The number of aromatic nitrogens is 7. The lowest BCUT2D eigenvalue weighted by Gasteiger charge is -2.21. The molecule has 0 saturated carbocycles. The van der Waals surface area contributed by atoms with Gasteiger partial charge in [-0.1, -0.05) is 48.0 Å². The van der Waals surface area contributed by atoms with Crippen molar-refractivity contribution in [2.45, 2.75) is 31.0 Å². The minimum Gasteiger partial charge on any atom is -0.477 e. The van der Waals surface area contributed by atoms with Crippen molar-refractivity contribution in [2.24, 2.45) is 5.73 Å². The zero-order valence-corrected chi connectivity index (χ0v) is 27.1. The van der Waals surface area contributed by atoms with E-state index in [0.717, 1.165) is 0 Å². The summed E-state index contributed by atoms with van der Waals surface area (Å²) < 4.78 is -0.665. The molecule has 15 nitrogen and oxygen atoms in total. The van der Waals surface area contributed by atoms with Crippen LogP contribution in [0.3, 0.4) is 0 Å². The average molecular weight is 715 g/mol. The summed E-state index contributed by atoms with van der Waals surface area (Å²) in [6.45, 7) is 3.72. The van der Waals surface area contributed by atoms with E-state index in [1.807, 2.05) is 19.2 Å². The maximum atomic E-state index is 11.3. The molecule has 0 fully saturated rings. The summed E-state index contributed by atoms with van der Waals surface area (Å²) in [4.78, 5) is 56.7. The van der Waals surface area contributed by atoms with E-state index in [0.29, 0.717) is 58.4 Å². The van der Waals surface area contributed by atoms with Crippen LogP contribution < -0.4 is 11.1 Å². The van der Waals surface area contributed by atoms with Crippen molar-refractivity contribution >= 4 is 39.8 Å². The fourth-order valence-electron chi connectivity index (χ4n) is 4.12. The van der Waals surface area contributed by atoms with Crippen molar-refractivity contribution in [3.05, 3.63) is 90.3 Å². The van der Waals surface area contributed by atoms with E-state index in [9.17, 15) is 19.2 Å². The van der Waals surface area contributed by atoms with Gasteiger partial charge in [-0.25, -0.2) is 29.3 Å². The van der Waals surface area contributed by atoms with E-state index in [4.69, 9.17) is 15.9 Å². The van der Waals surface area contributed by atoms with Crippen LogP contribution >= 0.6 is 15.9 Å². The number of nitrogens with zero attached hydrogens (tertiary/aromatic N) is 7. The van der Waals surface area contributed by atoms with Crippen molar-refractivity contribution < 1.29 is 29.4 Å². The fraction of sp³-hybridized carbons (Fsp3) is 0.156. The molecule has 0 aliphatic carbocycles. The lowest BCUT2D eigenvalue weighted by molar-refractivity contribution is -0.122.